The van der Waals surface area contributed by atoms with Gasteiger partial charge < -0.3 is 9.15 Å². The fourth-order valence-corrected chi connectivity index (χ4v) is 4.19. The van der Waals surface area contributed by atoms with Gasteiger partial charge in [0.05, 0.1) is 24.4 Å². The predicted octanol–water partition coefficient (Wildman–Crippen LogP) is 3.90. The first-order valence-electron chi connectivity index (χ1n) is 8.82. The molecule has 1 heterocycles. The Kier molecular flexibility index (Phi) is 4.51. The molecule has 1 aromatic rings. The van der Waals surface area contributed by atoms with Crippen LogP contribution in [-0.2, 0) is 14.3 Å². The molecule has 0 N–H and O–H groups in total. The van der Waals surface area contributed by atoms with Gasteiger partial charge in [-0.2, -0.15) is 0 Å². The molecule has 26 heavy (non-hydrogen) atoms. The Morgan fingerprint density at radius 2 is 2.04 bits per heavy atom. The fourth-order valence-electron chi connectivity index (χ4n) is 4.19. The number of hydrogen-bond donors (Lipinski definition) is 0. The highest BCUT2D eigenvalue weighted by Gasteiger charge is 2.51. The van der Waals surface area contributed by atoms with E-state index >= 15 is 0 Å². The maximum atomic E-state index is 12.7. The molecule has 2 aliphatic carbocycles. The summed E-state index contributed by atoms with van der Waals surface area (Å²) in [6, 6.07) is 1.65. The molecule has 5 heteroatoms. The van der Waals surface area contributed by atoms with Crippen molar-refractivity contribution in [1.29, 1.82) is 0 Å². The van der Waals surface area contributed by atoms with Crippen molar-refractivity contribution in [3.05, 3.63) is 47.5 Å². The molecule has 0 amide bonds. The Bertz CT molecular complexity index is 813. The number of hydrogen-bond acceptors (Lipinski definition) is 5. The topological polar surface area (TPSA) is 73.6 Å². The maximum Gasteiger partial charge on any atom is 0.316 e. The van der Waals surface area contributed by atoms with Crippen LogP contribution in [0.2, 0.25) is 0 Å². The largest absolute Gasteiger partial charge is 0.472 e. The minimum absolute atomic E-state index is 0.0342. The summed E-state index contributed by atoms with van der Waals surface area (Å²) < 4.78 is 10.0. The summed E-state index contributed by atoms with van der Waals surface area (Å²) in [7, 11) is 1.34. The molecule has 0 fully saturated rings. The van der Waals surface area contributed by atoms with Crippen LogP contribution in [0.15, 0.2) is 46.3 Å². The normalized spacial score (nSPS) is 30.9. The molecule has 3 rings (SSSR count). The van der Waals surface area contributed by atoms with Crippen LogP contribution in [0.25, 0.3) is 0 Å². The molecule has 2 aliphatic rings. The zero-order chi connectivity index (χ0) is 19.1. The molecule has 3 atom stereocenters. The quantitative estimate of drug-likeness (QED) is 0.604. The van der Waals surface area contributed by atoms with Gasteiger partial charge in [0.2, 0.25) is 0 Å². The Morgan fingerprint density at radius 3 is 2.65 bits per heavy atom. The number of fused-ring (bicyclic) bond motifs is 1. The molecule has 0 saturated heterocycles. The van der Waals surface area contributed by atoms with Crippen LogP contribution in [0.4, 0.5) is 0 Å². The van der Waals surface area contributed by atoms with Crippen LogP contribution in [-0.4, -0.2) is 24.6 Å². The smallest absolute Gasteiger partial charge is 0.316 e. The van der Waals surface area contributed by atoms with E-state index in [0.717, 1.165) is 17.6 Å². The van der Waals surface area contributed by atoms with Crippen molar-refractivity contribution < 1.29 is 23.5 Å². The van der Waals surface area contributed by atoms with E-state index in [0.29, 0.717) is 5.56 Å². The number of Topliss-reactive ketones (excluding diaryl/α,β-unsaturated/α-hetero) is 1. The van der Waals surface area contributed by atoms with E-state index < -0.39 is 16.8 Å². The van der Waals surface area contributed by atoms with Crippen LogP contribution in [0.5, 0.6) is 0 Å². The Morgan fingerprint density at radius 1 is 1.31 bits per heavy atom. The van der Waals surface area contributed by atoms with Crippen molar-refractivity contribution in [2.24, 2.45) is 16.7 Å². The van der Waals surface area contributed by atoms with E-state index in [1.807, 2.05) is 13.0 Å². The first-order valence-corrected chi connectivity index (χ1v) is 8.82. The Labute approximate surface area is 153 Å². The molecule has 0 radical (unpaired) electrons. The highest BCUT2D eigenvalue weighted by molar-refractivity contribution is 6.01. The highest BCUT2D eigenvalue weighted by atomic mass is 16.5. The maximum absolute atomic E-state index is 12.7. The van der Waals surface area contributed by atoms with E-state index in [-0.39, 0.29) is 30.3 Å². The van der Waals surface area contributed by atoms with Crippen molar-refractivity contribution in [2.75, 3.05) is 7.11 Å². The monoisotopic (exact) mass is 356 g/mol. The second kappa shape index (κ2) is 6.38. The van der Waals surface area contributed by atoms with Gasteiger partial charge in [-0.25, -0.2) is 0 Å². The van der Waals surface area contributed by atoms with Gasteiger partial charge in [-0.15, -0.1) is 0 Å². The number of carbonyl (C=O) groups is 3. The van der Waals surface area contributed by atoms with Crippen LogP contribution in [0, 0.1) is 16.7 Å². The molecular formula is C21H24O5. The number of ether oxygens (including phenoxy) is 1. The number of ketones is 2. The van der Waals surface area contributed by atoms with Crippen molar-refractivity contribution in [1.82, 2.24) is 0 Å². The lowest BCUT2D eigenvalue weighted by atomic mass is 9.55. The Hall–Kier alpha value is -2.43. The zero-order valence-electron chi connectivity index (χ0n) is 15.6. The molecule has 1 aromatic heterocycles. The van der Waals surface area contributed by atoms with Gasteiger partial charge in [0.15, 0.2) is 11.6 Å². The number of rotatable bonds is 4. The van der Waals surface area contributed by atoms with Gasteiger partial charge in [-0.05, 0) is 42.6 Å². The number of esters is 1. The average molecular weight is 356 g/mol. The summed E-state index contributed by atoms with van der Waals surface area (Å²) in [6.45, 7) is 5.83. The fraction of sp³-hybridized carbons (Fsp3) is 0.476. The van der Waals surface area contributed by atoms with E-state index in [1.54, 1.807) is 19.1 Å². The zero-order valence-corrected chi connectivity index (χ0v) is 15.6. The number of methoxy groups -OCH3 is 1. The average Bonchev–Trinajstić information content (AvgIpc) is 3.12. The molecule has 0 bridgehead atoms. The van der Waals surface area contributed by atoms with Gasteiger partial charge in [0.1, 0.15) is 6.26 Å². The lowest BCUT2D eigenvalue weighted by Gasteiger charge is -2.47. The molecular weight excluding hydrogens is 332 g/mol. The van der Waals surface area contributed by atoms with Crippen molar-refractivity contribution in [2.45, 2.75) is 40.0 Å². The molecule has 138 valence electrons. The molecule has 0 unspecified atom stereocenters. The van der Waals surface area contributed by atoms with Crippen LogP contribution >= 0.6 is 0 Å². The summed E-state index contributed by atoms with van der Waals surface area (Å²) in [4.78, 5) is 37.7. The van der Waals surface area contributed by atoms with Crippen LogP contribution in [0.1, 0.15) is 50.4 Å². The second-order valence-electron chi connectivity index (χ2n) is 7.81. The van der Waals surface area contributed by atoms with Crippen LogP contribution in [0.3, 0.4) is 0 Å². The third kappa shape index (κ3) is 2.75. The summed E-state index contributed by atoms with van der Waals surface area (Å²) in [5.41, 5.74) is 0.592. The molecule has 0 saturated carbocycles. The van der Waals surface area contributed by atoms with Gasteiger partial charge in [0.25, 0.3) is 0 Å². The lowest BCUT2D eigenvalue weighted by molar-refractivity contribution is -0.151. The molecule has 0 aliphatic heterocycles. The minimum atomic E-state index is -1.00. The van der Waals surface area contributed by atoms with E-state index in [2.05, 4.69) is 6.92 Å². The second-order valence-corrected chi connectivity index (χ2v) is 7.81. The third-order valence-electron chi connectivity index (χ3n) is 6.10. The lowest BCUT2D eigenvalue weighted by Crippen LogP contribution is -2.44. The highest BCUT2D eigenvalue weighted by Crippen LogP contribution is 2.55. The first-order chi connectivity index (χ1) is 12.2. The number of furan rings is 1. The summed E-state index contributed by atoms with van der Waals surface area (Å²) in [6.07, 6.45) is 7.65. The number of allylic oxidation sites excluding steroid dienone is 3. The summed E-state index contributed by atoms with van der Waals surface area (Å²) in [5, 5.41) is 0. The van der Waals surface area contributed by atoms with Gasteiger partial charge in [-0.1, -0.05) is 19.9 Å². The Balaban J connectivity index is 2.05. The van der Waals surface area contributed by atoms with E-state index in [4.69, 9.17) is 9.15 Å². The standard InChI is InChI=1S/C21H24O5/c1-13-5-6-16-17(9-15(22)10-21(16,3)19(24)25-4)20(13,2)11-18(23)14-7-8-26-12-14/h6-9,12-13H,5,10-11H2,1-4H3/t13-,20+,21+/m0/s1. The predicted molar refractivity (Wildman–Crippen MR) is 95.5 cm³/mol. The van der Waals surface area contributed by atoms with Gasteiger partial charge >= 0.3 is 5.97 Å². The van der Waals surface area contributed by atoms with Crippen LogP contribution < -0.4 is 0 Å². The molecule has 5 nitrogen and oxygen atoms in total. The van der Waals surface area contributed by atoms with Gasteiger partial charge in [0, 0.05) is 18.3 Å². The van der Waals surface area contributed by atoms with E-state index in [9.17, 15) is 14.4 Å². The SMILES string of the molecule is COC(=O)[C@]1(C)CC(=O)C=C2C1=CC[C@H](C)[C@@]2(C)CC(=O)c1ccoc1. The van der Waals surface area contributed by atoms with Crippen molar-refractivity contribution in [3.8, 4) is 0 Å². The van der Waals surface area contributed by atoms with E-state index in [1.165, 1.54) is 19.6 Å². The third-order valence-corrected chi connectivity index (χ3v) is 6.10. The molecule has 0 spiro atoms. The number of carbonyl (C=O) groups excluding carboxylic acids is 3. The van der Waals surface area contributed by atoms with Crippen molar-refractivity contribution >= 4 is 17.5 Å². The minimum Gasteiger partial charge on any atom is -0.472 e. The summed E-state index contributed by atoms with van der Waals surface area (Å²) in [5.74, 6) is -0.406. The first kappa shape index (κ1) is 18.4. The summed E-state index contributed by atoms with van der Waals surface area (Å²) >= 11 is 0. The molecule has 0 aromatic carbocycles. The van der Waals surface area contributed by atoms with Crippen molar-refractivity contribution in [3.63, 3.8) is 0 Å². The van der Waals surface area contributed by atoms with Gasteiger partial charge in [-0.3, -0.25) is 14.4 Å².